The van der Waals surface area contributed by atoms with E-state index in [2.05, 4.69) is 10.6 Å². The van der Waals surface area contributed by atoms with Gasteiger partial charge in [0, 0.05) is 32.1 Å². The maximum atomic E-state index is 13.2. The summed E-state index contributed by atoms with van der Waals surface area (Å²) in [5, 5.41) is 5.89. The second kappa shape index (κ2) is 9.87. The molecule has 27 heavy (non-hydrogen) atoms. The molecular weight excluding hydrogens is 386 g/mol. The van der Waals surface area contributed by atoms with Crippen LogP contribution in [0, 0.1) is 33.6 Å². The maximum Gasteiger partial charge on any atom is 0.243 e. The highest BCUT2D eigenvalue weighted by Crippen LogP contribution is 2.31. The lowest BCUT2D eigenvalue weighted by molar-refractivity contribution is -0.126. The van der Waals surface area contributed by atoms with Crippen LogP contribution in [0.4, 0.5) is 0 Å². The first kappa shape index (κ1) is 23.9. The number of rotatable bonds is 6. The van der Waals surface area contributed by atoms with Crippen LogP contribution in [-0.2, 0) is 14.8 Å². The molecule has 2 rings (SSSR count). The van der Waals surface area contributed by atoms with Crippen molar-refractivity contribution >= 4 is 28.3 Å². The minimum absolute atomic E-state index is 0. The van der Waals surface area contributed by atoms with Crippen LogP contribution >= 0.6 is 12.4 Å². The molecule has 0 atom stereocenters. The largest absolute Gasteiger partial charge is 0.355 e. The summed E-state index contributed by atoms with van der Waals surface area (Å²) in [5.74, 6) is -0.0872. The van der Waals surface area contributed by atoms with E-state index < -0.39 is 10.0 Å². The van der Waals surface area contributed by atoms with E-state index in [0.717, 1.165) is 28.8 Å². The van der Waals surface area contributed by atoms with E-state index in [0.29, 0.717) is 37.4 Å². The van der Waals surface area contributed by atoms with Crippen LogP contribution in [-0.4, -0.2) is 51.9 Å². The zero-order chi connectivity index (χ0) is 19.5. The van der Waals surface area contributed by atoms with Crippen molar-refractivity contribution in [2.24, 2.45) is 5.92 Å². The number of aryl methyl sites for hydroxylation is 2. The standard InChI is InChI=1S/C19H31N3O3S.ClH/c1-13-12-14(2)16(4)18(15(13)3)26(24,25)22-10-6-17(7-11-22)19(23)21-9-8-20-5;/h12,17,20H,6-11H2,1-5H3,(H,21,23);1H. The predicted molar refractivity (Wildman–Crippen MR) is 111 cm³/mol. The van der Waals surface area contributed by atoms with Crippen molar-refractivity contribution in [2.75, 3.05) is 33.2 Å². The van der Waals surface area contributed by atoms with Crippen molar-refractivity contribution in [3.63, 3.8) is 0 Å². The van der Waals surface area contributed by atoms with E-state index in [1.165, 1.54) is 0 Å². The van der Waals surface area contributed by atoms with Crippen LogP contribution in [0.3, 0.4) is 0 Å². The van der Waals surface area contributed by atoms with Crippen molar-refractivity contribution in [2.45, 2.75) is 45.4 Å². The van der Waals surface area contributed by atoms with Crippen LogP contribution in [0.5, 0.6) is 0 Å². The Morgan fingerprint density at radius 1 is 1.07 bits per heavy atom. The number of likely N-dealkylation sites (N-methyl/N-ethyl adjacent to an activating group) is 1. The second-order valence-electron chi connectivity index (χ2n) is 7.16. The predicted octanol–water partition coefficient (Wildman–Crippen LogP) is 2.08. The molecular formula is C19H32ClN3O3S. The van der Waals surface area contributed by atoms with Crippen LogP contribution in [0.2, 0.25) is 0 Å². The Morgan fingerprint density at radius 3 is 2.07 bits per heavy atom. The fourth-order valence-corrected chi connectivity index (χ4v) is 5.56. The number of nitrogens with one attached hydrogen (secondary N) is 2. The van der Waals surface area contributed by atoms with Gasteiger partial charge in [-0.2, -0.15) is 4.31 Å². The number of nitrogens with zero attached hydrogens (tertiary/aromatic N) is 1. The Labute approximate surface area is 169 Å². The summed E-state index contributed by atoms with van der Waals surface area (Å²) in [7, 11) is -1.71. The molecule has 0 saturated carbocycles. The van der Waals surface area contributed by atoms with Crippen molar-refractivity contribution in [1.82, 2.24) is 14.9 Å². The molecule has 0 bridgehead atoms. The molecule has 0 radical (unpaired) electrons. The van der Waals surface area contributed by atoms with Gasteiger partial charge < -0.3 is 10.6 Å². The first-order valence-electron chi connectivity index (χ1n) is 9.20. The molecule has 6 nitrogen and oxygen atoms in total. The fraction of sp³-hybridized carbons (Fsp3) is 0.632. The molecule has 1 aliphatic rings. The van der Waals surface area contributed by atoms with Crippen molar-refractivity contribution in [3.8, 4) is 0 Å². The highest BCUT2D eigenvalue weighted by molar-refractivity contribution is 7.89. The average Bonchev–Trinajstić information content (AvgIpc) is 2.60. The molecule has 1 heterocycles. The van der Waals surface area contributed by atoms with Crippen LogP contribution in [0.15, 0.2) is 11.0 Å². The molecule has 1 fully saturated rings. The molecule has 1 aromatic rings. The SMILES string of the molecule is CNCCNC(=O)C1CCN(S(=O)(=O)c2c(C)c(C)cc(C)c2C)CC1.Cl. The van der Waals surface area contributed by atoms with Gasteiger partial charge in [0.15, 0.2) is 0 Å². The molecule has 0 spiro atoms. The maximum absolute atomic E-state index is 13.2. The van der Waals surface area contributed by atoms with Gasteiger partial charge in [0.2, 0.25) is 15.9 Å². The summed E-state index contributed by atoms with van der Waals surface area (Å²) in [5.41, 5.74) is 3.62. The van der Waals surface area contributed by atoms with Gasteiger partial charge in [0.05, 0.1) is 4.90 Å². The number of halogens is 1. The fourth-order valence-electron chi connectivity index (χ4n) is 3.51. The number of hydrogen-bond acceptors (Lipinski definition) is 4. The van der Waals surface area contributed by atoms with Gasteiger partial charge in [-0.1, -0.05) is 6.07 Å². The lowest BCUT2D eigenvalue weighted by atomic mass is 9.97. The number of piperidine rings is 1. The highest BCUT2D eigenvalue weighted by Gasteiger charge is 2.34. The zero-order valence-electron chi connectivity index (χ0n) is 16.9. The smallest absolute Gasteiger partial charge is 0.243 e. The molecule has 1 amide bonds. The molecule has 154 valence electrons. The molecule has 0 unspecified atom stereocenters. The second-order valence-corrected chi connectivity index (χ2v) is 9.04. The number of amides is 1. The van der Waals surface area contributed by atoms with Gasteiger partial charge in [-0.3, -0.25) is 4.79 Å². The first-order valence-corrected chi connectivity index (χ1v) is 10.6. The van der Waals surface area contributed by atoms with E-state index in [1.54, 1.807) is 4.31 Å². The normalized spacial score (nSPS) is 16.0. The van der Waals surface area contributed by atoms with E-state index in [1.807, 2.05) is 40.8 Å². The third kappa shape index (κ3) is 5.22. The van der Waals surface area contributed by atoms with Crippen molar-refractivity contribution in [3.05, 3.63) is 28.3 Å². The summed E-state index contributed by atoms with van der Waals surface area (Å²) in [6.45, 7) is 9.73. The number of benzene rings is 1. The highest BCUT2D eigenvalue weighted by atomic mass is 35.5. The van der Waals surface area contributed by atoms with Crippen LogP contribution in [0.1, 0.15) is 35.1 Å². The van der Waals surface area contributed by atoms with Crippen LogP contribution < -0.4 is 10.6 Å². The third-order valence-corrected chi connectivity index (χ3v) is 7.57. The molecule has 8 heteroatoms. The van der Waals surface area contributed by atoms with E-state index in [4.69, 9.17) is 0 Å². The zero-order valence-corrected chi connectivity index (χ0v) is 18.5. The van der Waals surface area contributed by atoms with E-state index in [-0.39, 0.29) is 24.2 Å². The summed E-state index contributed by atoms with van der Waals surface area (Å²) < 4.78 is 28.0. The van der Waals surface area contributed by atoms with Gasteiger partial charge in [0.1, 0.15) is 0 Å². The van der Waals surface area contributed by atoms with Gasteiger partial charge in [-0.25, -0.2) is 8.42 Å². The van der Waals surface area contributed by atoms with Gasteiger partial charge in [-0.05, 0) is 69.8 Å². The average molecular weight is 418 g/mol. The van der Waals surface area contributed by atoms with Gasteiger partial charge in [0.25, 0.3) is 0 Å². The minimum Gasteiger partial charge on any atom is -0.355 e. The van der Waals surface area contributed by atoms with Gasteiger partial charge >= 0.3 is 0 Å². The lowest BCUT2D eigenvalue weighted by Crippen LogP contribution is -2.44. The van der Waals surface area contributed by atoms with E-state index in [9.17, 15) is 13.2 Å². The first-order chi connectivity index (χ1) is 12.2. The van der Waals surface area contributed by atoms with Gasteiger partial charge in [-0.15, -0.1) is 12.4 Å². The molecule has 0 aliphatic carbocycles. The van der Waals surface area contributed by atoms with Crippen molar-refractivity contribution in [1.29, 1.82) is 0 Å². The number of carbonyl (C=O) groups excluding carboxylic acids is 1. The molecule has 1 aliphatic heterocycles. The Bertz CT molecular complexity index is 747. The molecule has 1 aromatic carbocycles. The number of carbonyl (C=O) groups is 1. The number of hydrogen-bond donors (Lipinski definition) is 2. The topological polar surface area (TPSA) is 78.5 Å². The van der Waals surface area contributed by atoms with Crippen LogP contribution in [0.25, 0.3) is 0 Å². The Hall–Kier alpha value is -1.15. The van der Waals surface area contributed by atoms with Crippen molar-refractivity contribution < 1.29 is 13.2 Å². The lowest BCUT2D eigenvalue weighted by Gasteiger charge is -2.31. The molecule has 0 aromatic heterocycles. The summed E-state index contributed by atoms with van der Waals surface area (Å²) in [6.07, 6.45) is 1.13. The third-order valence-electron chi connectivity index (χ3n) is 5.39. The summed E-state index contributed by atoms with van der Waals surface area (Å²) in [4.78, 5) is 12.6. The molecule has 2 N–H and O–H groups in total. The summed E-state index contributed by atoms with van der Waals surface area (Å²) >= 11 is 0. The minimum atomic E-state index is -3.55. The molecule has 1 saturated heterocycles. The monoisotopic (exact) mass is 417 g/mol. The Balaban J connectivity index is 0.00000364. The quantitative estimate of drug-likeness (QED) is 0.694. The summed E-state index contributed by atoms with van der Waals surface area (Å²) in [6, 6.07) is 2.03. The number of sulfonamides is 1. The Morgan fingerprint density at radius 2 is 1.59 bits per heavy atom. The van der Waals surface area contributed by atoms with E-state index >= 15 is 0 Å². The Kier molecular flexibility index (Phi) is 8.73.